The second kappa shape index (κ2) is 9.91. The van der Waals surface area contributed by atoms with E-state index in [1.165, 1.54) is 0 Å². The second-order valence-electron chi connectivity index (χ2n) is 4.13. The topological polar surface area (TPSA) is 80.3 Å². The Morgan fingerprint density at radius 1 is 1.20 bits per heavy atom. The maximum atomic E-state index is 11.5. The first-order valence-electron chi connectivity index (χ1n) is 6.77. The van der Waals surface area contributed by atoms with Crippen molar-refractivity contribution in [3.8, 4) is 0 Å². The number of pyridine rings is 1. The van der Waals surface area contributed by atoms with Crippen LogP contribution in [-0.4, -0.2) is 43.1 Å². The first-order valence-corrected chi connectivity index (χ1v) is 6.77. The SMILES string of the molecule is CCOCCCNC(=O)C(=O)NCCc1ccccn1. The van der Waals surface area contributed by atoms with E-state index in [2.05, 4.69) is 15.6 Å². The molecule has 0 spiro atoms. The van der Waals surface area contributed by atoms with E-state index >= 15 is 0 Å². The Morgan fingerprint density at radius 3 is 2.60 bits per heavy atom. The van der Waals surface area contributed by atoms with Crippen molar-refractivity contribution in [3.63, 3.8) is 0 Å². The van der Waals surface area contributed by atoms with Gasteiger partial charge in [-0.1, -0.05) is 6.07 Å². The van der Waals surface area contributed by atoms with Crippen LogP contribution in [0.2, 0.25) is 0 Å². The highest BCUT2D eigenvalue weighted by Crippen LogP contribution is 1.92. The molecule has 1 heterocycles. The quantitative estimate of drug-likeness (QED) is 0.529. The molecule has 20 heavy (non-hydrogen) atoms. The van der Waals surface area contributed by atoms with Crippen molar-refractivity contribution in [1.29, 1.82) is 0 Å². The van der Waals surface area contributed by atoms with Gasteiger partial charge in [-0.05, 0) is 25.5 Å². The maximum absolute atomic E-state index is 11.5. The van der Waals surface area contributed by atoms with Gasteiger partial charge in [0.2, 0.25) is 0 Å². The molecule has 0 saturated carbocycles. The fourth-order valence-corrected chi connectivity index (χ4v) is 1.53. The van der Waals surface area contributed by atoms with Crippen molar-refractivity contribution in [1.82, 2.24) is 15.6 Å². The van der Waals surface area contributed by atoms with Gasteiger partial charge in [0.15, 0.2) is 0 Å². The van der Waals surface area contributed by atoms with E-state index in [1.807, 2.05) is 25.1 Å². The third-order valence-corrected chi connectivity index (χ3v) is 2.55. The molecule has 110 valence electrons. The summed E-state index contributed by atoms with van der Waals surface area (Å²) in [4.78, 5) is 27.0. The lowest BCUT2D eigenvalue weighted by Crippen LogP contribution is -2.41. The number of carbonyl (C=O) groups is 2. The monoisotopic (exact) mass is 279 g/mol. The number of aromatic nitrogens is 1. The van der Waals surface area contributed by atoms with Crippen LogP contribution in [0.4, 0.5) is 0 Å². The summed E-state index contributed by atoms with van der Waals surface area (Å²) in [5, 5.41) is 5.10. The molecule has 0 aromatic carbocycles. The van der Waals surface area contributed by atoms with Gasteiger partial charge in [0.1, 0.15) is 0 Å². The zero-order valence-electron chi connectivity index (χ0n) is 11.7. The second-order valence-corrected chi connectivity index (χ2v) is 4.13. The molecule has 1 aromatic rings. The Balaban J connectivity index is 2.11. The van der Waals surface area contributed by atoms with E-state index in [9.17, 15) is 9.59 Å². The van der Waals surface area contributed by atoms with Crippen molar-refractivity contribution in [2.24, 2.45) is 0 Å². The molecular weight excluding hydrogens is 258 g/mol. The van der Waals surface area contributed by atoms with Gasteiger partial charge in [-0.15, -0.1) is 0 Å². The van der Waals surface area contributed by atoms with Crippen LogP contribution in [0.1, 0.15) is 19.0 Å². The van der Waals surface area contributed by atoms with Crippen LogP contribution < -0.4 is 10.6 Å². The fraction of sp³-hybridized carbons (Fsp3) is 0.500. The normalized spacial score (nSPS) is 10.1. The zero-order chi connectivity index (χ0) is 14.6. The molecule has 0 unspecified atom stereocenters. The molecule has 2 N–H and O–H groups in total. The Bertz CT molecular complexity index is 409. The molecular formula is C14H21N3O3. The van der Waals surface area contributed by atoms with E-state index in [0.717, 1.165) is 5.69 Å². The minimum absolute atomic E-state index is 0.391. The highest BCUT2D eigenvalue weighted by molar-refractivity contribution is 6.35. The Hall–Kier alpha value is -1.95. The molecule has 6 heteroatoms. The summed E-state index contributed by atoms with van der Waals surface area (Å²) in [5.41, 5.74) is 0.880. The highest BCUT2D eigenvalue weighted by Gasteiger charge is 2.11. The van der Waals surface area contributed by atoms with E-state index in [-0.39, 0.29) is 0 Å². The van der Waals surface area contributed by atoms with Gasteiger partial charge in [-0.3, -0.25) is 14.6 Å². The number of ether oxygens (including phenoxy) is 1. The predicted molar refractivity (Wildman–Crippen MR) is 75.1 cm³/mol. The minimum Gasteiger partial charge on any atom is -0.382 e. The molecule has 0 saturated heterocycles. The van der Waals surface area contributed by atoms with Crippen LogP contribution in [0.5, 0.6) is 0 Å². The van der Waals surface area contributed by atoms with Crippen LogP contribution in [0.15, 0.2) is 24.4 Å². The fourth-order valence-electron chi connectivity index (χ4n) is 1.53. The number of rotatable bonds is 8. The smallest absolute Gasteiger partial charge is 0.309 e. The Morgan fingerprint density at radius 2 is 1.95 bits per heavy atom. The standard InChI is InChI=1S/C14H21N3O3/c1-2-20-11-5-9-16-13(18)14(19)17-10-7-12-6-3-4-8-15-12/h3-4,6,8H,2,5,7,9-11H2,1H3,(H,16,18)(H,17,19). The van der Waals surface area contributed by atoms with Crippen LogP contribution in [0.25, 0.3) is 0 Å². The zero-order valence-corrected chi connectivity index (χ0v) is 11.7. The summed E-state index contributed by atoms with van der Waals surface area (Å²) >= 11 is 0. The van der Waals surface area contributed by atoms with E-state index in [1.54, 1.807) is 6.20 Å². The number of nitrogens with one attached hydrogen (secondary N) is 2. The number of hydrogen-bond acceptors (Lipinski definition) is 4. The predicted octanol–water partition coefficient (Wildman–Crippen LogP) is 0.283. The number of nitrogens with zero attached hydrogens (tertiary/aromatic N) is 1. The molecule has 6 nitrogen and oxygen atoms in total. The first kappa shape index (κ1) is 16.1. The van der Waals surface area contributed by atoms with Crippen molar-refractivity contribution in [3.05, 3.63) is 30.1 Å². The molecule has 2 amide bonds. The van der Waals surface area contributed by atoms with E-state index in [4.69, 9.17) is 4.74 Å². The van der Waals surface area contributed by atoms with Crippen LogP contribution in [0.3, 0.4) is 0 Å². The lowest BCUT2D eigenvalue weighted by atomic mass is 10.3. The minimum atomic E-state index is -0.614. The first-order chi connectivity index (χ1) is 9.74. The molecule has 0 radical (unpaired) electrons. The lowest BCUT2D eigenvalue weighted by molar-refractivity contribution is -0.139. The number of amides is 2. The molecule has 0 bridgehead atoms. The lowest BCUT2D eigenvalue weighted by Gasteiger charge is -2.06. The molecule has 0 fully saturated rings. The van der Waals surface area contributed by atoms with E-state index in [0.29, 0.717) is 39.1 Å². The third kappa shape index (κ3) is 6.84. The van der Waals surface area contributed by atoms with Crippen molar-refractivity contribution >= 4 is 11.8 Å². The van der Waals surface area contributed by atoms with Gasteiger partial charge in [0.25, 0.3) is 0 Å². The van der Waals surface area contributed by atoms with Gasteiger partial charge >= 0.3 is 11.8 Å². The average molecular weight is 279 g/mol. The summed E-state index contributed by atoms with van der Waals surface area (Å²) in [5.74, 6) is -1.22. The van der Waals surface area contributed by atoms with Crippen LogP contribution >= 0.6 is 0 Å². The summed E-state index contributed by atoms with van der Waals surface area (Å²) < 4.78 is 5.13. The summed E-state index contributed by atoms with van der Waals surface area (Å²) in [6, 6.07) is 5.59. The van der Waals surface area contributed by atoms with Gasteiger partial charge in [-0.2, -0.15) is 0 Å². The maximum Gasteiger partial charge on any atom is 0.309 e. The molecule has 0 aliphatic rings. The molecule has 0 atom stereocenters. The number of carbonyl (C=O) groups excluding carboxylic acids is 2. The molecule has 1 rings (SSSR count). The summed E-state index contributed by atoms with van der Waals surface area (Å²) in [7, 11) is 0. The molecule has 1 aromatic heterocycles. The molecule has 0 aliphatic carbocycles. The van der Waals surface area contributed by atoms with Gasteiger partial charge in [0, 0.05) is 44.6 Å². The van der Waals surface area contributed by atoms with Crippen molar-refractivity contribution in [2.45, 2.75) is 19.8 Å². The largest absolute Gasteiger partial charge is 0.382 e. The summed E-state index contributed by atoms with van der Waals surface area (Å²) in [6.45, 7) is 3.97. The van der Waals surface area contributed by atoms with Crippen LogP contribution in [0, 0.1) is 0 Å². The Kier molecular flexibility index (Phi) is 7.98. The van der Waals surface area contributed by atoms with Crippen molar-refractivity contribution in [2.75, 3.05) is 26.3 Å². The molecule has 0 aliphatic heterocycles. The third-order valence-electron chi connectivity index (χ3n) is 2.55. The van der Waals surface area contributed by atoms with Crippen LogP contribution in [-0.2, 0) is 20.7 Å². The number of hydrogen-bond donors (Lipinski definition) is 2. The highest BCUT2D eigenvalue weighted by atomic mass is 16.5. The van der Waals surface area contributed by atoms with Gasteiger partial charge in [-0.25, -0.2) is 0 Å². The van der Waals surface area contributed by atoms with Crippen molar-refractivity contribution < 1.29 is 14.3 Å². The summed E-state index contributed by atoms with van der Waals surface area (Å²) in [6.07, 6.45) is 2.99. The average Bonchev–Trinajstić information content (AvgIpc) is 2.47. The van der Waals surface area contributed by atoms with Gasteiger partial charge < -0.3 is 15.4 Å². The van der Waals surface area contributed by atoms with E-state index < -0.39 is 11.8 Å². The Labute approximate surface area is 118 Å². The van der Waals surface area contributed by atoms with Gasteiger partial charge in [0.05, 0.1) is 0 Å².